The Kier molecular flexibility index (Phi) is 1.66. The number of H-pyrrole nitrogens is 1. The van der Waals surface area contributed by atoms with E-state index in [4.69, 9.17) is 18.6 Å². The van der Waals surface area contributed by atoms with Crippen molar-refractivity contribution in [2.45, 2.75) is 0 Å². The fourth-order valence-corrected chi connectivity index (χ4v) is 0.627. The first-order valence-electron chi connectivity index (χ1n) is 2.48. The lowest BCUT2D eigenvalue weighted by molar-refractivity contribution is 1.29. The van der Waals surface area contributed by atoms with Gasteiger partial charge < -0.3 is 4.98 Å². The van der Waals surface area contributed by atoms with Crippen LogP contribution in [0.25, 0.3) is 0 Å². The summed E-state index contributed by atoms with van der Waals surface area (Å²) in [5, 5.41) is 0. The van der Waals surface area contributed by atoms with Crippen LogP contribution in [0.3, 0.4) is 0 Å². The molecule has 0 saturated heterocycles. The van der Waals surface area contributed by atoms with E-state index in [0.29, 0.717) is 4.64 Å². The molecule has 0 bridgehead atoms. The highest BCUT2D eigenvalue weighted by molar-refractivity contribution is 7.71. The molecule has 1 aromatic rings. The third-order valence-electron chi connectivity index (χ3n) is 0.951. The summed E-state index contributed by atoms with van der Waals surface area (Å²) in [6.45, 7) is 0. The van der Waals surface area contributed by atoms with Crippen molar-refractivity contribution in [1.82, 2.24) is 4.98 Å². The van der Waals surface area contributed by atoms with E-state index in [1.165, 1.54) is 0 Å². The molecule has 0 saturated carbocycles. The number of pyridine rings is 1. The van der Waals surface area contributed by atoms with Crippen molar-refractivity contribution in [3.63, 3.8) is 0 Å². The molecule has 0 aliphatic heterocycles. The zero-order valence-corrected chi connectivity index (χ0v) is 5.53. The topological polar surface area (TPSA) is 15.8 Å². The maximum absolute atomic E-state index is 5.10. The Morgan fingerprint density at radius 1 is 1.56 bits per heavy atom. The van der Waals surface area contributed by atoms with Gasteiger partial charge in [0.25, 0.3) is 0 Å². The Hall–Kier alpha value is -1.07. The second-order valence-corrected chi connectivity index (χ2v) is 2.03. The highest BCUT2D eigenvalue weighted by atomic mass is 32.1. The Morgan fingerprint density at radius 2 is 2.33 bits per heavy atom. The van der Waals surface area contributed by atoms with E-state index < -0.39 is 0 Å². The summed E-state index contributed by atoms with van der Waals surface area (Å²) >= 11 is 4.80. The first kappa shape index (κ1) is 6.06. The van der Waals surface area contributed by atoms with Gasteiger partial charge in [0.15, 0.2) is 0 Å². The molecular weight excluding hydrogens is 130 g/mol. The Bertz CT molecular complexity index is 272. The normalized spacial score (nSPS) is 8.33. The predicted molar refractivity (Wildman–Crippen MR) is 39.6 cm³/mol. The van der Waals surface area contributed by atoms with Crippen LogP contribution in [-0.4, -0.2) is 4.98 Å². The molecule has 2 heteroatoms. The first-order valence-corrected chi connectivity index (χ1v) is 2.89. The number of aromatic nitrogens is 1. The highest BCUT2D eigenvalue weighted by Crippen LogP contribution is 1.92. The molecule has 1 nitrogen and oxygen atoms in total. The molecule has 0 aliphatic carbocycles. The molecule has 0 aliphatic rings. The van der Waals surface area contributed by atoms with E-state index >= 15 is 0 Å². The Balaban J connectivity index is 3.21. The smallest absolute Gasteiger partial charge is 0.103 e. The third kappa shape index (κ3) is 1.41. The lowest BCUT2D eigenvalue weighted by Gasteiger charge is -1.85. The molecule has 0 radical (unpaired) electrons. The van der Waals surface area contributed by atoms with Gasteiger partial charge in [-0.25, -0.2) is 0 Å². The molecule has 0 atom stereocenters. The molecule has 0 aromatic carbocycles. The zero-order chi connectivity index (χ0) is 6.69. The van der Waals surface area contributed by atoms with Gasteiger partial charge in [0.1, 0.15) is 4.64 Å². The van der Waals surface area contributed by atoms with Crippen LogP contribution in [0.4, 0.5) is 0 Å². The molecule has 0 fully saturated rings. The van der Waals surface area contributed by atoms with Gasteiger partial charge in [0.05, 0.1) is 0 Å². The minimum absolute atomic E-state index is 0.703. The van der Waals surface area contributed by atoms with Crippen molar-refractivity contribution in [1.29, 1.82) is 0 Å². The monoisotopic (exact) mass is 135 g/mol. The largest absolute Gasteiger partial charge is 0.352 e. The molecule has 0 spiro atoms. The fourth-order valence-electron chi connectivity index (χ4n) is 0.500. The number of nitrogens with one attached hydrogen (secondary N) is 1. The minimum Gasteiger partial charge on any atom is -0.352 e. The molecule has 1 aromatic heterocycles. The summed E-state index contributed by atoms with van der Waals surface area (Å²) in [6, 6.07) is 3.57. The Morgan fingerprint density at radius 3 is 2.78 bits per heavy atom. The fraction of sp³-hybridized carbons (Fsp3) is 0. The highest BCUT2D eigenvalue weighted by Gasteiger charge is 1.80. The SMILES string of the molecule is C#Cc1ccc(=S)[nH]c1. The first-order chi connectivity index (χ1) is 4.33. The van der Waals surface area contributed by atoms with Crippen molar-refractivity contribution >= 4 is 12.2 Å². The van der Waals surface area contributed by atoms with Crippen molar-refractivity contribution in [2.75, 3.05) is 0 Å². The van der Waals surface area contributed by atoms with Crippen LogP contribution >= 0.6 is 12.2 Å². The lowest BCUT2D eigenvalue weighted by atomic mass is 10.3. The summed E-state index contributed by atoms with van der Waals surface area (Å²) in [5.41, 5.74) is 0.823. The number of terminal acetylenes is 1. The van der Waals surface area contributed by atoms with E-state index in [0.717, 1.165) is 5.56 Å². The van der Waals surface area contributed by atoms with Crippen LogP contribution in [0.2, 0.25) is 0 Å². The molecule has 0 amide bonds. The standard InChI is InChI=1S/C7H5NS/c1-2-6-3-4-7(9)8-5-6/h1,3-5H,(H,8,9). The minimum atomic E-state index is 0.703. The molecule has 1 heterocycles. The predicted octanol–water partition coefficient (Wildman–Crippen LogP) is 1.73. The van der Waals surface area contributed by atoms with Crippen LogP contribution in [0.15, 0.2) is 18.3 Å². The number of aromatic amines is 1. The Labute approximate surface area is 58.7 Å². The molecule has 0 unspecified atom stereocenters. The summed E-state index contributed by atoms with van der Waals surface area (Å²) < 4.78 is 0.703. The van der Waals surface area contributed by atoms with Gasteiger partial charge in [0.2, 0.25) is 0 Å². The van der Waals surface area contributed by atoms with Gasteiger partial charge in [-0.3, -0.25) is 0 Å². The summed E-state index contributed by atoms with van der Waals surface area (Å²) in [6.07, 6.45) is 6.81. The molecule has 1 N–H and O–H groups in total. The van der Waals surface area contributed by atoms with Crippen LogP contribution in [-0.2, 0) is 0 Å². The van der Waals surface area contributed by atoms with Crippen molar-refractivity contribution in [3.05, 3.63) is 28.5 Å². The number of hydrogen-bond acceptors (Lipinski definition) is 1. The second kappa shape index (κ2) is 2.47. The van der Waals surface area contributed by atoms with Crippen molar-refractivity contribution in [2.24, 2.45) is 0 Å². The van der Waals surface area contributed by atoms with Gasteiger partial charge in [0, 0.05) is 11.8 Å². The second-order valence-electron chi connectivity index (χ2n) is 1.59. The van der Waals surface area contributed by atoms with Gasteiger partial charge in [-0.2, -0.15) is 0 Å². The molecule has 9 heavy (non-hydrogen) atoms. The maximum Gasteiger partial charge on any atom is 0.103 e. The van der Waals surface area contributed by atoms with E-state index in [1.807, 2.05) is 0 Å². The van der Waals surface area contributed by atoms with Crippen LogP contribution in [0, 0.1) is 17.0 Å². The average molecular weight is 135 g/mol. The van der Waals surface area contributed by atoms with Crippen molar-refractivity contribution < 1.29 is 0 Å². The van der Waals surface area contributed by atoms with Crippen LogP contribution in [0.1, 0.15) is 5.56 Å². The van der Waals surface area contributed by atoms with Gasteiger partial charge in [-0.1, -0.05) is 18.1 Å². The van der Waals surface area contributed by atoms with Gasteiger partial charge in [-0.05, 0) is 12.1 Å². The van der Waals surface area contributed by atoms with E-state index in [-0.39, 0.29) is 0 Å². The summed E-state index contributed by atoms with van der Waals surface area (Å²) in [4.78, 5) is 2.82. The van der Waals surface area contributed by atoms with Crippen LogP contribution < -0.4 is 0 Å². The zero-order valence-electron chi connectivity index (χ0n) is 4.72. The van der Waals surface area contributed by atoms with Crippen LogP contribution in [0.5, 0.6) is 0 Å². The summed E-state index contributed by atoms with van der Waals surface area (Å²) in [7, 11) is 0. The third-order valence-corrected chi connectivity index (χ3v) is 1.20. The van der Waals surface area contributed by atoms with Gasteiger partial charge >= 0.3 is 0 Å². The average Bonchev–Trinajstić information content (AvgIpc) is 1.90. The maximum atomic E-state index is 5.10. The number of hydrogen-bond donors (Lipinski definition) is 1. The molecule has 44 valence electrons. The van der Waals surface area contributed by atoms with Crippen molar-refractivity contribution in [3.8, 4) is 12.3 Å². The lowest BCUT2D eigenvalue weighted by Crippen LogP contribution is -1.75. The molecule has 1 rings (SSSR count). The molecular formula is C7H5NS. The summed E-state index contributed by atoms with van der Waals surface area (Å²) in [5.74, 6) is 2.48. The number of rotatable bonds is 0. The van der Waals surface area contributed by atoms with E-state index in [1.54, 1.807) is 18.3 Å². The van der Waals surface area contributed by atoms with E-state index in [2.05, 4.69) is 10.9 Å². The van der Waals surface area contributed by atoms with E-state index in [9.17, 15) is 0 Å². The quantitative estimate of drug-likeness (QED) is 0.423. The van der Waals surface area contributed by atoms with Gasteiger partial charge in [-0.15, -0.1) is 6.42 Å².